The quantitative estimate of drug-likeness (QED) is 0.187. The van der Waals surface area contributed by atoms with Gasteiger partial charge in [-0.3, -0.25) is 9.59 Å². The molecular weight excluding hydrogens is 608 g/mol. The van der Waals surface area contributed by atoms with Crippen molar-refractivity contribution in [2.45, 2.75) is 75.9 Å². The number of aromatic nitrogens is 4. The van der Waals surface area contributed by atoms with Crippen LogP contribution in [0.1, 0.15) is 63.3 Å². The Bertz CT molecular complexity index is 1580. The number of methoxy groups -OCH3 is 2. The number of H-pyrrole nitrogens is 2. The second kappa shape index (κ2) is 14.4. The van der Waals surface area contributed by atoms with Gasteiger partial charge in [-0.15, -0.1) is 0 Å². The van der Waals surface area contributed by atoms with Gasteiger partial charge in [0.25, 0.3) is 0 Å². The standard InChI is InChI=1S/C36H46N8O4/c1-21(47-3)31(37)35(45)43-17-5-7-29(43)33-39-19-27(41-33)25-13-9-23(10-14-25)24-11-15-26(16-12-24)28-20-40-34(42-28)30-8-6-18-44(30)36(46)32(38)22(2)48-4/h9-16,19-22,29-32H,5-8,17-18,37-38H2,1-4H3,(H,39,41)(H,40,42)/t21?,22?,29-,30-,31-,32-/m0/s1. The lowest BCUT2D eigenvalue weighted by atomic mass is 10.0. The van der Waals surface area contributed by atoms with E-state index in [0.717, 1.165) is 71.0 Å². The van der Waals surface area contributed by atoms with Crippen LogP contribution >= 0.6 is 0 Å². The lowest BCUT2D eigenvalue weighted by Gasteiger charge is -2.28. The molecule has 12 nitrogen and oxygen atoms in total. The first-order chi connectivity index (χ1) is 23.2. The van der Waals surface area contributed by atoms with Crippen LogP contribution in [0.2, 0.25) is 0 Å². The average molecular weight is 655 g/mol. The van der Waals surface area contributed by atoms with E-state index in [2.05, 4.69) is 68.5 Å². The van der Waals surface area contributed by atoms with Gasteiger partial charge in [0.2, 0.25) is 11.8 Å². The number of carbonyl (C=O) groups excluding carboxylic acids is 2. The molecule has 0 spiro atoms. The largest absolute Gasteiger partial charge is 0.380 e. The number of ether oxygens (including phenoxy) is 2. The Labute approximate surface area is 281 Å². The van der Waals surface area contributed by atoms with Crippen LogP contribution in [-0.2, 0) is 19.1 Å². The summed E-state index contributed by atoms with van der Waals surface area (Å²) in [4.78, 5) is 46.0. The Morgan fingerprint density at radius 2 is 1.04 bits per heavy atom. The van der Waals surface area contributed by atoms with E-state index in [0.29, 0.717) is 13.1 Å². The zero-order chi connectivity index (χ0) is 33.9. The van der Waals surface area contributed by atoms with Gasteiger partial charge in [-0.2, -0.15) is 0 Å². The van der Waals surface area contributed by atoms with Gasteiger partial charge in [0.15, 0.2) is 0 Å². The maximum atomic E-state index is 13.1. The molecule has 2 unspecified atom stereocenters. The summed E-state index contributed by atoms with van der Waals surface area (Å²) in [5, 5.41) is 0. The number of rotatable bonds is 11. The number of carbonyl (C=O) groups is 2. The number of likely N-dealkylation sites (tertiary alicyclic amines) is 2. The van der Waals surface area contributed by atoms with Crippen LogP contribution in [0.15, 0.2) is 60.9 Å². The molecule has 48 heavy (non-hydrogen) atoms. The normalized spacial score (nSPS) is 20.5. The first-order valence-electron chi connectivity index (χ1n) is 16.7. The molecule has 0 saturated carbocycles. The van der Waals surface area contributed by atoms with Crippen molar-refractivity contribution >= 4 is 11.8 Å². The van der Waals surface area contributed by atoms with Crippen LogP contribution in [0.25, 0.3) is 33.6 Å². The molecule has 6 rings (SSSR count). The summed E-state index contributed by atoms with van der Waals surface area (Å²) in [6.07, 6.45) is 6.41. The topological polar surface area (TPSA) is 168 Å². The van der Waals surface area contributed by atoms with Crippen LogP contribution in [0, 0.1) is 0 Å². The number of nitrogens with one attached hydrogen (secondary N) is 2. The van der Waals surface area contributed by atoms with E-state index >= 15 is 0 Å². The van der Waals surface area contributed by atoms with Crippen LogP contribution in [0.3, 0.4) is 0 Å². The van der Waals surface area contributed by atoms with Crippen LogP contribution < -0.4 is 11.5 Å². The molecule has 6 atom stereocenters. The second-order valence-corrected chi connectivity index (χ2v) is 12.8. The fourth-order valence-electron chi connectivity index (χ4n) is 6.70. The molecule has 0 bridgehead atoms. The first-order valence-corrected chi connectivity index (χ1v) is 16.7. The number of hydrogen-bond acceptors (Lipinski definition) is 8. The highest BCUT2D eigenvalue weighted by Crippen LogP contribution is 2.34. The summed E-state index contributed by atoms with van der Waals surface area (Å²) in [5.41, 5.74) is 18.3. The summed E-state index contributed by atoms with van der Waals surface area (Å²) in [6, 6.07) is 15.0. The van der Waals surface area contributed by atoms with Gasteiger partial charge in [0.1, 0.15) is 23.7 Å². The minimum absolute atomic E-state index is 0.112. The van der Waals surface area contributed by atoms with Crippen molar-refractivity contribution in [3.8, 4) is 33.6 Å². The minimum Gasteiger partial charge on any atom is -0.380 e. The summed E-state index contributed by atoms with van der Waals surface area (Å²) < 4.78 is 10.6. The number of benzene rings is 2. The third-order valence-corrected chi connectivity index (χ3v) is 9.94. The van der Waals surface area contributed by atoms with Gasteiger partial charge in [0, 0.05) is 27.3 Å². The van der Waals surface area contributed by atoms with Crippen molar-refractivity contribution in [2.75, 3.05) is 27.3 Å². The Hall–Kier alpha value is -4.36. The molecule has 0 aliphatic carbocycles. The molecule has 254 valence electrons. The Morgan fingerprint density at radius 3 is 1.40 bits per heavy atom. The maximum absolute atomic E-state index is 13.1. The van der Waals surface area contributed by atoms with Crippen molar-refractivity contribution < 1.29 is 19.1 Å². The monoisotopic (exact) mass is 654 g/mol. The van der Waals surface area contributed by atoms with E-state index < -0.39 is 12.1 Å². The maximum Gasteiger partial charge on any atom is 0.242 e. The fraction of sp³-hybridized carbons (Fsp3) is 0.444. The van der Waals surface area contributed by atoms with Gasteiger partial charge >= 0.3 is 0 Å². The lowest BCUT2D eigenvalue weighted by molar-refractivity contribution is -0.137. The zero-order valence-electron chi connectivity index (χ0n) is 28.1. The molecule has 2 saturated heterocycles. The van der Waals surface area contributed by atoms with Crippen LogP contribution in [0.5, 0.6) is 0 Å². The molecule has 0 radical (unpaired) electrons. The van der Waals surface area contributed by atoms with Crippen molar-refractivity contribution in [3.05, 3.63) is 72.6 Å². The lowest BCUT2D eigenvalue weighted by Crippen LogP contribution is -2.49. The predicted octanol–water partition coefficient (Wildman–Crippen LogP) is 4.19. The number of amides is 2. The van der Waals surface area contributed by atoms with Crippen molar-refractivity contribution in [3.63, 3.8) is 0 Å². The van der Waals surface area contributed by atoms with Crippen molar-refractivity contribution in [1.82, 2.24) is 29.7 Å². The molecule has 2 fully saturated rings. The van der Waals surface area contributed by atoms with E-state index in [1.54, 1.807) is 14.2 Å². The van der Waals surface area contributed by atoms with Crippen molar-refractivity contribution in [1.29, 1.82) is 0 Å². The molecule has 4 aromatic rings. The SMILES string of the molecule is COC(C)[C@H](N)C(=O)N1CCC[C@H]1c1ncc(-c2ccc(-c3ccc(-c4cnc([C@@H]5CCCN5C(=O)[C@@H](N)C(C)OC)[nH]4)cc3)cc2)[nH]1. The van der Waals surface area contributed by atoms with E-state index in [1.165, 1.54) is 0 Å². The third kappa shape index (κ3) is 6.66. The summed E-state index contributed by atoms with van der Waals surface area (Å²) in [5.74, 6) is 1.31. The smallest absolute Gasteiger partial charge is 0.242 e. The highest BCUT2D eigenvalue weighted by molar-refractivity contribution is 5.83. The van der Waals surface area contributed by atoms with Gasteiger partial charge in [-0.25, -0.2) is 9.97 Å². The number of hydrogen-bond donors (Lipinski definition) is 4. The number of aromatic amines is 2. The second-order valence-electron chi connectivity index (χ2n) is 12.8. The van der Waals surface area contributed by atoms with E-state index in [-0.39, 0.29) is 36.1 Å². The zero-order valence-corrected chi connectivity index (χ0v) is 28.1. The molecule has 4 heterocycles. The fourth-order valence-corrected chi connectivity index (χ4v) is 6.70. The average Bonchev–Trinajstić information content (AvgIpc) is 3.96. The molecule has 2 aromatic heterocycles. The van der Waals surface area contributed by atoms with Crippen LogP contribution in [-0.4, -0.2) is 93.2 Å². The van der Waals surface area contributed by atoms with E-state index in [4.69, 9.17) is 20.9 Å². The van der Waals surface area contributed by atoms with Gasteiger partial charge in [0.05, 0.1) is 48.1 Å². The van der Waals surface area contributed by atoms with Crippen molar-refractivity contribution in [2.24, 2.45) is 11.5 Å². The molecule has 12 heteroatoms. The van der Waals surface area contributed by atoms with Gasteiger partial charge < -0.3 is 40.7 Å². The highest BCUT2D eigenvalue weighted by Gasteiger charge is 2.37. The van der Waals surface area contributed by atoms with Gasteiger partial charge in [-0.1, -0.05) is 48.5 Å². The highest BCUT2D eigenvalue weighted by atomic mass is 16.5. The molecule has 2 aliphatic rings. The molecule has 2 aromatic carbocycles. The molecule has 2 aliphatic heterocycles. The molecule has 6 N–H and O–H groups in total. The Balaban J connectivity index is 1.11. The van der Waals surface area contributed by atoms with E-state index in [9.17, 15) is 9.59 Å². The predicted molar refractivity (Wildman–Crippen MR) is 183 cm³/mol. The number of imidazole rings is 2. The number of nitrogens with two attached hydrogens (primary N) is 2. The summed E-state index contributed by atoms with van der Waals surface area (Å²) >= 11 is 0. The third-order valence-electron chi connectivity index (χ3n) is 9.94. The number of nitrogens with zero attached hydrogens (tertiary/aromatic N) is 4. The minimum atomic E-state index is -0.709. The Kier molecular flexibility index (Phi) is 10.1. The van der Waals surface area contributed by atoms with Crippen LogP contribution in [0.4, 0.5) is 0 Å². The Morgan fingerprint density at radius 1 is 0.688 bits per heavy atom. The van der Waals surface area contributed by atoms with E-state index in [1.807, 2.05) is 36.0 Å². The summed E-state index contributed by atoms with van der Waals surface area (Å²) in [7, 11) is 3.13. The summed E-state index contributed by atoms with van der Waals surface area (Å²) in [6.45, 7) is 4.93. The first kappa shape index (κ1) is 33.5. The molecule has 2 amide bonds. The molecular formula is C36H46N8O4. The van der Waals surface area contributed by atoms with Gasteiger partial charge in [-0.05, 0) is 61.8 Å².